The van der Waals surface area contributed by atoms with E-state index in [9.17, 15) is 9.59 Å². The van der Waals surface area contributed by atoms with Crippen LogP contribution in [0.3, 0.4) is 0 Å². The van der Waals surface area contributed by atoms with E-state index in [1.807, 2.05) is 72.5 Å². The molecule has 1 fully saturated rings. The molecular weight excluding hydrogens is 482 g/mol. The molecule has 1 atom stereocenters. The molecule has 0 bridgehead atoms. The topological polar surface area (TPSA) is 88.1 Å². The molecule has 3 aromatic rings. The second-order valence-electron chi connectivity index (χ2n) is 9.30. The first-order chi connectivity index (χ1) is 18.4. The molecule has 1 aromatic heterocycles. The van der Waals surface area contributed by atoms with Crippen LogP contribution in [0, 0.1) is 0 Å². The zero-order chi connectivity index (χ0) is 27.1. The van der Waals surface area contributed by atoms with Crippen LogP contribution in [0.1, 0.15) is 31.9 Å². The maximum Gasteiger partial charge on any atom is 0.242 e. The molecule has 4 rings (SSSR count). The summed E-state index contributed by atoms with van der Waals surface area (Å²) in [6.07, 6.45) is 0.801. The summed E-state index contributed by atoms with van der Waals surface area (Å²) in [5, 5.41) is 8.91. The highest BCUT2D eigenvalue weighted by atomic mass is 16.5. The lowest BCUT2D eigenvalue weighted by molar-refractivity contribution is -0.141. The van der Waals surface area contributed by atoms with Gasteiger partial charge in [0.25, 0.3) is 0 Å². The second kappa shape index (κ2) is 12.4. The molecule has 9 heteroatoms. The lowest BCUT2D eigenvalue weighted by atomic mass is 10.1. The normalized spacial score (nSPS) is 14.4. The van der Waals surface area contributed by atoms with Crippen molar-refractivity contribution in [2.24, 2.45) is 0 Å². The van der Waals surface area contributed by atoms with Gasteiger partial charge >= 0.3 is 0 Å². The Hall–Kier alpha value is -4.14. The maximum atomic E-state index is 13.2. The minimum atomic E-state index is -0.181. The molecule has 2 amide bonds. The minimum absolute atomic E-state index is 0.0436. The number of ether oxygens (including phenoxy) is 2. The minimum Gasteiger partial charge on any atom is -0.497 e. The van der Waals surface area contributed by atoms with Crippen LogP contribution in [0.15, 0.2) is 60.7 Å². The van der Waals surface area contributed by atoms with Crippen LogP contribution in [0.25, 0.3) is 11.3 Å². The third-order valence-corrected chi connectivity index (χ3v) is 6.97. The van der Waals surface area contributed by atoms with Gasteiger partial charge in [-0.3, -0.25) is 9.59 Å². The quantitative estimate of drug-likeness (QED) is 0.449. The van der Waals surface area contributed by atoms with E-state index in [1.54, 1.807) is 19.1 Å². The summed E-state index contributed by atoms with van der Waals surface area (Å²) >= 11 is 0. The number of carbonyl (C=O) groups excluding carboxylic acids is 2. The molecule has 1 aliphatic heterocycles. The third-order valence-electron chi connectivity index (χ3n) is 6.97. The number of methoxy groups -OCH3 is 2. The number of anilines is 1. The average molecular weight is 518 g/mol. The number of amides is 2. The van der Waals surface area contributed by atoms with E-state index >= 15 is 0 Å². The number of benzene rings is 2. The molecule has 1 aliphatic rings. The Morgan fingerprint density at radius 3 is 2.39 bits per heavy atom. The Labute approximate surface area is 224 Å². The summed E-state index contributed by atoms with van der Waals surface area (Å²) in [5.74, 6) is 1.97. The molecule has 9 nitrogen and oxygen atoms in total. The SMILES string of the molecule is COc1ccc(-c2ccc(N3CCCN(C(=O)CN(C(C)=O)[C@@H](C)c4ccccc4)CC3)nn2)c(OC)c1. The summed E-state index contributed by atoms with van der Waals surface area (Å²) in [5.41, 5.74) is 2.54. The van der Waals surface area contributed by atoms with Crippen LogP contribution in [0.4, 0.5) is 5.82 Å². The predicted octanol–water partition coefficient (Wildman–Crippen LogP) is 3.81. The zero-order valence-corrected chi connectivity index (χ0v) is 22.5. The average Bonchev–Trinajstić information content (AvgIpc) is 3.22. The third kappa shape index (κ3) is 6.22. The van der Waals surface area contributed by atoms with Crippen LogP contribution in [-0.2, 0) is 9.59 Å². The zero-order valence-electron chi connectivity index (χ0n) is 22.5. The van der Waals surface area contributed by atoms with Gasteiger partial charge in [-0.25, -0.2) is 0 Å². The molecular formula is C29H35N5O4. The molecule has 0 spiro atoms. The van der Waals surface area contributed by atoms with Gasteiger partial charge in [0.2, 0.25) is 11.8 Å². The Balaban J connectivity index is 1.39. The number of hydrogen-bond acceptors (Lipinski definition) is 7. The summed E-state index contributed by atoms with van der Waals surface area (Å²) in [7, 11) is 3.23. The molecule has 0 radical (unpaired) electrons. The van der Waals surface area contributed by atoms with Crippen LogP contribution in [0.5, 0.6) is 11.5 Å². The van der Waals surface area contributed by atoms with Gasteiger partial charge in [0.05, 0.1) is 26.0 Å². The molecule has 2 aromatic carbocycles. The fourth-order valence-electron chi connectivity index (χ4n) is 4.72. The first-order valence-corrected chi connectivity index (χ1v) is 12.8. The highest BCUT2D eigenvalue weighted by Crippen LogP contribution is 2.32. The first kappa shape index (κ1) is 26.9. The smallest absolute Gasteiger partial charge is 0.242 e. The monoisotopic (exact) mass is 517 g/mol. The Kier molecular flexibility index (Phi) is 8.78. The summed E-state index contributed by atoms with van der Waals surface area (Å²) in [6.45, 7) is 6.12. The van der Waals surface area contributed by atoms with E-state index in [-0.39, 0.29) is 24.4 Å². The molecule has 38 heavy (non-hydrogen) atoms. The van der Waals surface area contributed by atoms with Crippen molar-refractivity contribution in [1.29, 1.82) is 0 Å². The van der Waals surface area contributed by atoms with Crippen molar-refractivity contribution in [2.45, 2.75) is 26.3 Å². The van der Waals surface area contributed by atoms with E-state index in [4.69, 9.17) is 9.47 Å². The van der Waals surface area contributed by atoms with E-state index in [0.29, 0.717) is 36.8 Å². The maximum absolute atomic E-state index is 13.2. The van der Waals surface area contributed by atoms with E-state index in [2.05, 4.69) is 15.1 Å². The summed E-state index contributed by atoms with van der Waals surface area (Å²) in [6, 6.07) is 19.1. The fraction of sp³-hybridized carbons (Fsp3) is 0.379. The van der Waals surface area contributed by atoms with E-state index < -0.39 is 0 Å². The van der Waals surface area contributed by atoms with Crippen molar-refractivity contribution in [3.05, 3.63) is 66.2 Å². The molecule has 0 unspecified atom stereocenters. The van der Waals surface area contributed by atoms with Crippen molar-refractivity contribution in [3.63, 3.8) is 0 Å². The van der Waals surface area contributed by atoms with Crippen molar-refractivity contribution in [2.75, 3.05) is 51.8 Å². The van der Waals surface area contributed by atoms with Gasteiger partial charge in [-0.2, -0.15) is 0 Å². The second-order valence-corrected chi connectivity index (χ2v) is 9.30. The van der Waals surface area contributed by atoms with Crippen LogP contribution >= 0.6 is 0 Å². The van der Waals surface area contributed by atoms with E-state index in [0.717, 1.165) is 29.9 Å². The Morgan fingerprint density at radius 2 is 1.74 bits per heavy atom. The Bertz CT molecular complexity index is 1240. The standard InChI is InChI=1S/C29H35N5O4/c1-21(23-9-6-5-7-10-23)34(22(2)35)20-29(36)33-16-8-15-32(17-18-33)28-14-13-26(30-31-28)25-12-11-24(37-3)19-27(25)38-4/h5-7,9-14,19,21H,8,15-18,20H2,1-4H3/t21-/m0/s1. The van der Waals surface area contributed by atoms with Crippen LogP contribution < -0.4 is 14.4 Å². The number of carbonyl (C=O) groups is 2. The predicted molar refractivity (Wildman–Crippen MR) is 146 cm³/mol. The fourth-order valence-corrected chi connectivity index (χ4v) is 4.72. The van der Waals surface area contributed by atoms with Gasteiger partial charge in [-0.15, -0.1) is 10.2 Å². The molecule has 0 aliphatic carbocycles. The lowest BCUT2D eigenvalue weighted by Crippen LogP contribution is -2.44. The van der Waals surface area contributed by atoms with Crippen molar-refractivity contribution in [3.8, 4) is 22.8 Å². The van der Waals surface area contributed by atoms with Gasteiger partial charge in [0.15, 0.2) is 5.82 Å². The van der Waals surface area contributed by atoms with E-state index in [1.165, 1.54) is 6.92 Å². The van der Waals surface area contributed by atoms with Gasteiger partial charge in [0, 0.05) is 44.7 Å². The van der Waals surface area contributed by atoms with Crippen molar-refractivity contribution in [1.82, 2.24) is 20.0 Å². The Morgan fingerprint density at radius 1 is 0.947 bits per heavy atom. The molecule has 0 N–H and O–H groups in total. The highest BCUT2D eigenvalue weighted by Gasteiger charge is 2.26. The molecule has 0 saturated carbocycles. The summed E-state index contributed by atoms with van der Waals surface area (Å²) < 4.78 is 10.8. The molecule has 2 heterocycles. The molecule has 1 saturated heterocycles. The number of nitrogens with zero attached hydrogens (tertiary/aromatic N) is 5. The highest BCUT2D eigenvalue weighted by molar-refractivity contribution is 5.84. The van der Waals surface area contributed by atoms with Crippen LogP contribution in [-0.4, -0.2) is 78.8 Å². The number of hydrogen-bond donors (Lipinski definition) is 0. The number of aromatic nitrogens is 2. The van der Waals surface area contributed by atoms with Gasteiger partial charge in [0.1, 0.15) is 18.0 Å². The van der Waals surface area contributed by atoms with Crippen molar-refractivity contribution >= 4 is 17.6 Å². The van der Waals surface area contributed by atoms with Crippen molar-refractivity contribution < 1.29 is 19.1 Å². The first-order valence-electron chi connectivity index (χ1n) is 12.8. The lowest BCUT2D eigenvalue weighted by Gasteiger charge is -2.30. The largest absolute Gasteiger partial charge is 0.497 e. The molecule has 200 valence electrons. The van der Waals surface area contributed by atoms with Gasteiger partial charge < -0.3 is 24.2 Å². The van der Waals surface area contributed by atoms with Crippen LogP contribution in [0.2, 0.25) is 0 Å². The number of rotatable bonds is 8. The summed E-state index contributed by atoms with van der Waals surface area (Å²) in [4.78, 5) is 31.2. The van der Waals surface area contributed by atoms with Gasteiger partial charge in [-0.1, -0.05) is 30.3 Å². The van der Waals surface area contributed by atoms with Gasteiger partial charge in [-0.05, 0) is 43.2 Å².